The van der Waals surface area contributed by atoms with Crippen molar-refractivity contribution in [2.75, 3.05) is 6.54 Å². The van der Waals surface area contributed by atoms with Crippen LogP contribution in [0.15, 0.2) is 18.2 Å². The van der Waals surface area contributed by atoms with Crippen LogP contribution in [0.4, 0.5) is 22.0 Å². The lowest BCUT2D eigenvalue weighted by atomic mass is 9.91. The molecule has 1 aromatic carbocycles. The number of halogens is 5. The fourth-order valence-electron chi connectivity index (χ4n) is 3.14. The Morgan fingerprint density at radius 1 is 1.29 bits per heavy atom. The largest absolute Gasteiger partial charge is 0.471 e. The van der Waals surface area contributed by atoms with Gasteiger partial charge in [0.25, 0.3) is 0 Å². The van der Waals surface area contributed by atoms with E-state index < -0.39 is 41.8 Å². The highest BCUT2D eigenvalue weighted by Gasteiger charge is 2.46. The SMILES string of the molecule is CC(C)N(C(=O)C(F)(F)F)[C@@H]1CCN[C@H](c2cc(F)ccc2F)C1. The van der Waals surface area contributed by atoms with Crippen LogP contribution in [-0.4, -0.2) is 35.6 Å². The van der Waals surface area contributed by atoms with Gasteiger partial charge >= 0.3 is 12.1 Å². The fraction of sp³-hybridized carbons (Fsp3) is 0.562. The maximum absolute atomic E-state index is 13.9. The molecule has 1 aromatic rings. The summed E-state index contributed by atoms with van der Waals surface area (Å²) in [5.74, 6) is -3.15. The number of benzene rings is 1. The highest BCUT2D eigenvalue weighted by Crippen LogP contribution is 2.31. The van der Waals surface area contributed by atoms with E-state index in [4.69, 9.17) is 0 Å². The van der Waals surface area contributed by atoms with Gasteiger partial charge in [0.1, 0.15) is 11.6 Å². The van der Waals surface area contributed by atoms with Crippen molar-refractivity contribution >= 4 is 5.91 Å². The minimum atomic E-state index is -4.96. The van der Waals surface area contributed by atoms with Crippen LogP contribution in [0.3, 0.4) is 0 Å². The molecule has 1 heterocycles. The van der Waals surface area contributed by atoms with Crippen LogP contribution in [0.2, 0.25) is 0 Å². The van der Waals surface area contributed by atoms with E-state index in [9.17, 15) is 26.7 Å². The molecule has 1 aliphatic rings. The third kappa shape index (κ3) is 4.03. The summed E-state index contributed by atoms with van der Waals surface area (Å²) in [6.45, 7) is 3.31. The Labute approximate surface area is 136 Å². The van der Waals surface area contributed by atoms with Gasteiger partial charge in [-0.25, -0.2) is 8.78 Å². The molecule has 1 amide bonds. The van der Waals surface area contributed by atoms with Gasteiger partial charge in [-0.05, 0) is 51.4 Å². The number of carbonyl (C=O) groups excluding carboxylic acids is 1. The number of hydrogen-bond donors (Lipinski definition) is 1. The topological polar surface area (TPSA) is 32.3 Å². The Balaban J connectivity index is 2.25. The first-order chi connectivity index (χ1) is 11.1. The molecule has 1 saturated heterocycles. The molecule has 0 aliphatic carbocycles. The van der Waals surface area contributed by atoms with Crippen LogP contribution in [0, 0.1) is 11.6 Å². The number of piperidine rings is 1. The van der Waals surface area contributed by atoms with Crippen molar-refractivity contribution in [2.45, 2.75) is 51.0 Å². The van der Waals surface area contributed by atoms with Gasteiger partial charge in [0.15, 0.2) is 0 Å². The second kappa shape index (κ2) is 7.04. The lowest BCUT2D eigenvalue weighted by molar-refractivity contribution is -0.190. The molecular weight excluding hydrogens is 331 g/mol. The summed E-state index contributed by atoms with van der Waals surface area (Å²) >= 11 is 0. The molecule has 2 rings (SSSR count). The smallest absolute Gasteiger partial charge is 0.329 e. The minimum Gasteiger partial charge on any atom is -0.329 e. The zero-order chi connectivity index (χ0) is 18.1. The Kier molecular flexibility index (Phi) is 5.47. The second-order valence-electron chi connectivity index (χ2n) is 6.15. The van der Waals surface area contributed by atoms with Crippen LogP contribution in [0.1, 0.15) is 38.3 Å². The molecule has 1 N–H and O–H groups in total. The van der Waals surface area contributed by atoms with E-state index in [2.05, 4.69) is 5.32 Å². The lowest BCUT2D eigenvalue weighted by Crippen LogP contribution is -2.54. The number of carbonyl (C=O) groups is 1. The molecule has 0 unspecified atom stereocenters. The number of nitrogens with one attached hydrogen (secondary N) is 1. The van der Waals surface area contributed by atoms with Crippen LogP contribution in [0.25, 0.3) is 0 Å². The van der Waals surface area contributed by atoms with Gasteiger partial charge < -0.3 is 10.2 Å². The first-order valence-electron chi connectivity index (χ1n) is 7.69. The summed E-state index contributed by atoms with van der Waals surface area (Å²) in [6, 6.07) is 0.986. The van der Waals surface area contributed by atoms with Crippen molar-refractivity contribution in [2.24, 2.45) is 0 Å². The summed E-state index contributed by atoms with van der Waals surface area (Å²) in [5, 5.41) is 2.98. The highest BCUT2D eigenvalue weighted by molar-refractivity contribution is 5.82. The van der Waals surface area contributed by atoms with Crippen molar-refractivity contribution in [3.05, 3.63) is 35.4 Å². The average Bonchev–Trinajstić information content (AvgIpc) is 2.49. The predicted molar refractivity (Wildman–Crippen MR) is 78.2 cm³/mol. The number of alkyl halides is 3. The molecule has 3 nitrogen and oxygen atoms in total. The Morgan fingerprint density at radius 3 is 2.54 bits per heavy atom. The summed E-state index contributed by atoms with van der Waals surface area (Å²) < 4.78 is 65.8. The predicted octanol–water partition coefficient (Wildman–Crippen LogP) is 3.56. The van der Waals surface area contributed by atoms with Crippen LogP contribution in [-0.2, 0) is 4.79 Å². The normalized spacial score (nSPS) is 21.8. The zero-order valence-electron chi connectivity index (χ0n) is 13.3. The van der Waals surface area contributed by atoms with Gasteiger partial charge in [0.2, 0.25) is 0 Å². The van der Waals surface area contributed by atoms with E-state index in [1.807, 2.05) is 0 Å². The molecule has 134 valence electrons. The monoisotopic (exact) mass is 350 g/mol. The van der Waals surface area contributed by atoms with E-state index in [1.165, 1.54) is 13.8 Å². The number of amides is 1. The van der Waals surface area contributed by atoms with Gasteiger partial charge in [-0.2, -0.15) is 13.2 Å². The van der Waals surface area contributed by atoms with E-state index in [0.29, 0.717) is 13.0 Å². The molecule has 0 bridgehead atoms. The van der Waals surface area contributed by atoms with Crippen molar-refractivity contribution in [1.82, 2.24) is 10.2 Å². The van der Waals surface area contributed by atoms with E-state index in [-0.39, 0.29) is 12.0 Å². The van der Waals surface area contributed by atoms with Crippen molar-refractivity contribution < 1.29 is 26.7 Å². The molecule has 0 radical (unpaired) electrons. The van der Waals surface area contributed by atoms with Gasteiger partial charge in [-0.15, -0.1) is 0 Å². The highest BCUT2D eigenvalue weighted by atomic mass is 19.4. The summed E-state index contributed by atoms with van der Waals surface area (Å²) in [5.41, 5.74) is 0.0582. The maximum atomic E-state index is 13.9. The Morgan fingerprint density at radius 2 is 1.96 bits per heavy atom. The summed E-state index contributed by atoms with van der Waals surface area (Å²) in [4.78, 5) is 12.5. The summed E-state index contributed by atoms with van der Waals surface area (Å²) in [6.07, 6.45) is -4.57. The van der Waals surface area contributed by atoms with Crippen LogP contribution in [0.5, 0.6) is 0 Å². The van der Waals surface area contributed by atoms with Gasteiger partial charge in [0, 0.05) is 23.7 Å². The molecule has 1 fully saturated rings. The molecule has 24 heavy (non-hydrogen) atoms. The van der Waals surface area contributed by atoms with E-state index in [1.54, 1.807) is 0 Å². The van der Waals surface area contributed by atoms with Crippen LogP contribution < -0.4 is 5.32 Å². The number of rotatable bonds is 3. The lowest BCUT2D eigenvalue weighted by Gasteiger charge is -2.40. The fourth-order valence-corrected chi connectivity index (χ4v) is 3.14. The average molecular weight is 350 g/mol. The van der Waals surface area contributed by atoms with Crippen molar-refractivity contribution in [3.63, 3.8) is 0 Å². The van der Waals surface area contributed by atoms with Crippen molar-refractivity contribution in [3.8, 4) is 0 Å². The molecule has 0 saturated carbocycles. The van der Waals surface area contributed by atoms with E-state index in [0.717, 1.165) is 23.1 Å². The Hall–Kier alpha value is -1.70. The van der Waals surface area contributed by atoms with Gasteiger partial charge in [0.05, 0.1) is 0 Å². The maximum Gasteiger partial charge on any atom is 0.471 e. The van der Waals surface area contributed by atoms with Crippen molar-refractivity contribution in [1.29, 1.82) is 0 Å². The zero-order valence-corrected chi connectivity index (χ0v) is 13.3. The first-order valence-corrected chi connectivity index (χ1v) is 7.69. The van der Waals surface area contributed by atoms with E-state index >= 15 is 0 Å². The third-order valence-electron chi connectivity index (χ3n) is 4.14. The standard InChI is InChI=1S/C16H19F5N2O/c1-9(2)23(15(24)16(19,20)21)11-5-6-22-14(8-11)12-7-10(17)3-4-13(12)18/h3-4,7,9,11,14,22H,5-6,8H2,1-2H3/t11-,14+/m1/s1. The van der Waals surface area contributed by atoms with Gasteiger partial charge in [-0.3, -0.25) is 4.79 Å². The van der Waals surface area contributed by atoms with Crippen LogP contribution >= 0.6 is 0 Å². The Bertz CT molecular complexity index is 603. The molecular formula is C16H19F5N2O. The van der Waals surface area contributed by atoms with Gasteiger partial charge in [-0.1, -0.05) is 0 Å². The number of nitrogens with zero attached hydrogens (tertiary/aromatic N) is 1. The first kappa shape index (κ1) is 18.6. The quantitative estimate of drug-likeness (QED) is 0.846. The summed E-state index contributed by atoms with van der Waals surface area (Å²) in [7, 11) is 0. The second-order valence-corrected chi connectivity index (χ2v) is 6.15. The number of hydrogen-bond acceptors (Lipinski definition) is 2. The molecule has 1 aliphatic heterocycles. The molecule has 2 atom stereocenters. The molecule has 0 aromatic heterocycles. The molecule has 0 spiro atoms. The third-order valence-corrected chi connectivity index (χ3v) is 4.14. The minimum absolute atomic E-state index is 0.0582. The molecule has 8 heteroatoms.